The number of hydrogen-bond donors (Lipinski definition) is 2. The van der Waals surface area contributed by atoms with Crippen LogP contribution in [0.3, 0.4) is 0 Å². The molecule has 1 saturated carbocycles. The smallest absolute Gasteiger partial charge is 0.117 e. The van der Waals surface area contributed by atoms with Crippen LogP contribution in [0.5, 0.6) is 0 Å². The van der Waals surface area contributed by atoms with Gasteiger partial charge in [-0.25, -0.2) is 0 Å². The van der Waals surface area contributed by atoms with E-state index in [9.17, 15) is 5.11 Å². The van der Waals surface area contributed by atoms with Crippen LogP contribution in [0.25, 0.3) is 0 Å². The second kappa shape index (κ2) is 7.62. The van der Waals surface area contributed by atoms with Gasteiger partial charge in [-0.15, -0.1) is 0 Å². The van der Waals surface area contributed by atoms with Gasteiger partial charge in [0.2, 0.25) is 0 Å². The fourth-order valence-corrected chi connectivity index (χ4v) is 3.91. The molecule has 2 atom stereocenters. The number of likely N-dealkylation sites (tertiary alicyclic amines) is 1. The van der Waals surface area contributed by atoms with Gasteiger partial charge in [-0.2, -0.15) is 0 Å². The summed E-state index contributed by atoms with van der Waals surface area (Å²) in [6, 6.07) is 5.14. The van der Waals surface area contributed by atoms with Crippen LogP contribution in [-0.2, 0) is 13.0 Å². The molecule has 0 aromatic carbocycles. The van der Waals surface area contributed by atoms with Gasteiger partial charge >= 0.3 is 0 Å². The van der Waals surface area contributed by atoms with Crippen molar-refractivity contribution >= 4 is 0 Å². The molecular formula is C18H30N2O2. The first-order valence-electron chi connectivity index (χ1n) is 8.99. The Bertz CT molecular complexity index is 452. The first-order chi connectivity index (χ1) is 10.8. The zero-order valence-electron chi connectivity index (χ0n) is 13.8. The lowest BCUT2D eigenvalue weighted by molar-refractivity contribution is 0.00706. The quantitative estimate of drug-likeness (QED) is 0.878. The van der Waals surface area contributed by atoms with E-state index in [-0.39, 0.29) is 6.10 Å². The number of rotatable bonds is 5. The first kappa shape index (κ1) is 16.0. The molecule has 22 heavy (non-hydrogen) atoms. The third-order valence-corrected chi connectivity index (χ3v) is 5.32. The second-order valence-electron chi connectivity index (χ2n) is 6.83. The molecule has 2 heterocycles. The molecule has 0 radical (unpaired) electrons. The van der Waals surface area contributed by atoms with E-state index in [0.717, 1.165) is 44.0 Å². The summed E-state index contributed by atoms with van der Waals surface area (Å²) in [6.45, 7) is 5.16. The van der Waals surface area contributed by atoms with Gasteiger partial charge in [-0.1, -0.05) is 19.8 Å². The van der Waals surface area contributed by atoms with E-state index in [0.29, 0.717) is 12.1 Å². The van der Waals surface area contributed by atoms with Crippen molar-refractivity contribution in [3.05, 3.63) is 23.7 Å². The number of aliphatic hydroxyl groups excluding tert-OH is 1. The van der Waals surface area contributed by atoms with Gasteiger partial charge in [0.05, 0.1) is 12.6 Å². The van der Waals surface area contributed by atoms with Crippen LogP contribution in [-0.4, -0.2) is 41.3 Å². The van der Waals surface area contributed by atoms with Crippen LogP contribution >= 0.6 is 0 Å². The van der Waals surface area contributed by atoms with E-state index < -0.39 is 0 Å². The molecule has 0 bridgehead atoms. The summed E-state index contributed by atoms with van der Waals surface area (Å²) in [7, 11) is 0. The number of hydrogen-bond acceptors (Lipinski definition) is 4. The van der Waals surface area contributed by atoms with Crippen molar-refractivity contribution in [2.75, 3.05) is 13.1 Å². The molecule has 1 aromatic rings. The van der Waals surface area contributed by atoms with Gasteiger partial charge < -0.3 is 14.8 Å². The summed E-state index contributed by atoms with van der Waals surface area (Å²) in [5, 5.41) is 13.8. The molecule has 2 fully saturated rings. The lowest BCUT2D eigenvalue weighted by Crippen LogP contribution is -2.51. The highest BCUT2D eigenvalue weighted by Gasteiger charge is 2.31. The van der Waals surface area contributed by atoms with Gasteiger partial charge in [-0.05, 0) is 37.8 Å². The Kier molecular flexibility index (Phi) is 5.55. The van der Waals surface area contributed by atoms with Gasteiger partial charge in [0.1, 0.15) is 11.5 Å². The predicted octanol–water partition coefficient (Wildman–Crippen LogP) is 2.70. The van der Waals surface area contributed by atoms with Crippen LogP contribution in [0.15, 0.2) is 16.5 Å². The maximum atomic E-state index is 10.2. The molecule has 2 aliphatic rings. The van der Waals surface area contributed by atoms with Gasteiger partial charge in [0, 0.05) is 31.6 Å². The van der Waals surface area contributed by atoms with Crippen molar-refractivity contribution < 1.29 is 9.52 Å². The Morgan fingerprint density at radius 3 is 2.55 bits per heavy atom. The summed E-state index contributed by atoms with van der Waals surface area (Å²) in [5.41, 5.74) is 0. The van der Waals surface area contributed by atoms with Crippen LogP contribution in [0.1, 0.15) is 57.0 Å². The molecule has 1 aromatic heterocycles. The van der Waals surface area contributed by atoms with Crippen LogP contribution in [0.4, 0.5) is 0 Å². The highest BCUT2D eigenvalue weighted by Crippen LogP contribution is 2.26. The standard InChI is InChI=1S/C18H30N2O2/c1-2-15-7-8-16(22-15)13-19-14-9-11-20(12-10-14)17-5-3-4-6-18(17)21/h7-8,14,17-19,21H,2-6,9-13H2,1H3. The van der Waals surface area contributed by atoms with E-state index in [1.54, 1.807) is 0 Å². The number of aliphatic hydroxyl groups is 1. The first-order valence-corrected chi connectivity index (χ1v) is 8.99. The SMILES string of the molecule is CCc1ccc(CNC2CCN(C3CCCCC3O)CC2)o1. The molecule has 1 aliphatic heterocycles. The number of piperidine rings is 1. The topological polar surface area (TPSA) is 48.6 Å². The maximum Gasteiger partial charge on any atom is 0.117 e. The average molecular weight is 306 g/mol. The van der Waals surface area contributed by atoms with Crippen molar-refractivity contribution in [1.82, 2.24) is 10.2 Å². The molecule has 1 saturated heterocycles. The highest BCUT2D eigenvalue weighted by molar-refractivity contribution is 5.07. The molecule has 3 rings (SSSR count). The summed E-state index contributed by atoms with van der Waals surface area (Å²) < 4.78 is 5.75. The predicted molar refractivity (Wildman–Crippen MR) is 87.8 cm³/mol. The molecule has 0 spiro atoms. The Labute approximate surface area is 133 Å². The Morgan fingerprint density at radius 2 is 1.86 bits per heavy atom. The summed E-state index contributed by atoms with van der Waals surface area (Å²) in [5.74, 6) is 2.11. The maximum absolute atomic E-state index is 10.2. The Hall–Kier alpha value is -0.840. The van der Waals surface area contributed by atoms with Crippen LogP contribution < -0.4 is 5.32 Å². The van der Waals surface area contributed by atoms with Crippen molar-refractivity contribution in [2.45, 2.75) is 76.6 Å². The normalized spacial score (nSPS) is 28.1. The summed E-state index contributed by atoms with van der Waals surface area (Å²) in [4.78, 5) is 2.52. The second-order valence-corrected chi connectivity index (χ2v) is 6.83. The summed E-state index contributed by atoms with van der Waals surface area (Å²) >= 11 is 0. The average Bonchev–Trinajstić information content (AvgIpc) is 3.02. The van der Waals surface area contributed by atoms with E-state index in [2.05, 4.69) is 29.3 Å². The highest BCUT2D eigenvalue weighted by atomic mass is 16.3. The minimum Gasteiger partial charge on any atom is -0.465 e. The third kappa shape index (κ3) is 3.92. The fraction of sp³-hybridized carbons (Fsp3) is 0.778. The summed E-state index contributed by atoms with van der Waals surface area (Å²) in [6.07, 6.45) is 7.83. The number of nitrogens with zero attached hydrogens (tertiary/aromatic N) is 1. The Morgan fingerprint density at radius 1 is 1.14 bits per heavy atom. The molecule has 4 nitrogen and oxygen atoms in total. The van der Waals surface area contributed by atoms with E-state index in [1.807, 2.05) is 0 Å². The molecular weight excluding hydrogens is 276 g/mol. The van der Waals surface area contributed by atoms with Crippen LogP contribution in [0.2, 0.25) is 0 Å². The molecule has 124 valence electrons. The van der Waals surface area contributed by atoms with E-state index >= 15 is 0 Å². The molecule has 4 heteroatoms. The fourth-order valence-electron chi connectivity index (χ4n) is 3.91. The molecule has 0 amide bonds. The molecule has 2 N–H and O–H groups in total. The monoisotopic (exact) mass is 306 g/mol. The number of nitrogens with one attached hydrogen (secondary N) is 1. The van der Waals surface area contributed by atoms with E-state index in [4.69, 9.17) is 4.42 Å². The molecule has 1 aliphatic carbocycles. The van der Waals surface area contributed by atoms with Crippen molar-refractivity contribution in [3.63, 3.8) is 0 Å². The largest absolute Gasteiger partial charge is 0.465 e. The van der Waals surface area contributed by atoms with Crippen molar-refractivity contribution in [2.24, 2.45) is 0 Å². The third-order valence-electron chi connectivity index (χ3n) is 5.32. The van der Waals surface area contributed by atoms with Crippen LogP contribution in [0, 0.1) is 0 Å². The minimum atomic E-state index is -0.103. The Balaban J connectivity index is 1.41. The van der Waals surface area contributed by atoms with Gasteiger partial charge in [0.25, 0.3) is 0 Å². The number of aryl methyl sites for hydroxylation is 1. The zero-order valence-corrected chi connectivity index (χ0v) is 13.8. The molecule has 2 unspecified atom stereocenters. The van der Waals surface area contributed by atoms with Gasteiger partial charge in [0.15, 0.2) is 0 Å². The number of furan rings is 1. The van der Waals surface area contributed by atoms with E-state index in [1.165, 1.54) is 32.1 Å². The lowest BCUT2D eigenvalue weighted by atomic mass is 9.89. The van der Waals surface area contributed by atoms with Gasteiger partial charge in [-0.3, -0.25) is 4.90 Å². The zero-order chi connectivity index (χ0) is 15.4. The van der Waals surface area contributed by atoms with Crippen molar-refractivity contribution in [1.29, 1.82) is 0 Å². The van der Waals surface area contributed by atoms with Crippen molar-refractivity contribution in [3.8, 4) is 0 Å². The lowest BCUT2D eigenvalue weighted by Gasteiger charge is -2.41. The minimum absolute atomic E-state index is 0.103.